The number of nitrogens with one attached hydrogen (secondary N) is 1. The Morgan fingerprint density at radius 1 is 1.41 bits per heavy atom. The summed E-state index contributed by atoms with van der Waals surface area (Å²) >= 11 is 1.37. The van der Waals surface area contributed by atoms with E-state index in [1.54, 1.807) is 13.3 Å². The van der Waals surface area contributed by atoms with Crippen LogP contribution in [0.3, 0.4) is 0 Å². The van der Waals surface area contributed by atoms with Gasteiger partial charge in [-0.1, -0.05) is 0 Å². The van der Waals surface area contributed by atoms with E-state index in [0.717, 1.165) is 22.6 Å². The third-order valence-corrected chi connectivity index (χ3v) is 5.46. The second-order valence-corrected chi connectivity index (χ2v) is 7.55. The summed E-state index contributed by atoms with van der Waals surface area (Å²) in [6, 6.07) is 0. The van der Waals surface area contributed by atoms with Crippen LogP contribution in [0.5, 0.6) is 0 Å². The number of aryl methyl sites for hydroxylation is 1. The van der Waals surface area contributed by atoms with E-state index >= 15 is 0 Å². The summed E-state index contributed by atoms with van der Waals surface area (Å²) < 4.78 is 13.1. The molecule has 2 heterocycles. The van der Waals surface area contributed by atoms with E-state index in [0.29, 0.717) is 44.2 Å². The van der Waals surface area contributed by atoms with Crippen molar-refractivity contribution < 1.29 is 52.1 Å². The van der Waals surface area contributed by atoms with Crippen LogP contribution in [-0.4, -0.2) is 60.9 Å². The molecule has 10 heteroatoms. The molecular weight excluding hydrogens is 471 g/mol. The van der Waals surface area contributed by atoms with Crippen LogP contribution in [0.2, 0.25) is 0 Å². The topological polar surface area (TPSA) is 93.0 Å². The summed E-state index contributed by atoms with van der Waals surface area (Å²) in [5, 5.41) is 11.7. The summed E-state index contributed by atoms with van der Waals surface area (Å²) in [6.45, 7) is 5.57. The van der Waals surface area contributed by atoms with Crippen LogP contribution in [0.1, 0.15) is 27.7 Å². The molecule has 2 rings (SSSR count). The van der Waals surface area contributed by atoms with Crippen LogP contribution in [-0.2, 0) is 62.4 Å². The number of ether oxygens (including phenoxy) is 2. The van der Waals surface area contributed by atoms with E-state index in [9.17, 15) is 9.59 Å². The van der Waals surface area contributed by atoms with Crippen LogP contribution >= 0.6 is 11.3 Å². The number of fused-ring (bicyclic) bond motifs is 1. The Hall–Kier alpha value is -0.676. The second kappa shape index (κ2) is 12.9. The van der Waals surface area contributed by atoms with E-state index in [2.05, 4.69) is 5.32 Å². The average molecular weight is 499 g/mol. The molecule has 159 valence electrons. The zero-order valence-corrected chi connectivity index (χ0v) is 21.0. The maximum Gasteiger partial charge on any atom is 0.256 e. The van der Waals surface area contributed by atoms with Gasteiger partial charge in [0.1, 0.15) is 5.56 Å². The van der Waals surface area contributed by atoms with Crippen molar-refractivity contribution in [1.29, 1.82) is 0 Å². The summed E-state index contributed by atoms with van der Waals surface area (Å²) in [7, 11) is 5.32. The van der Waals surface area contributed by atoms with Crippen molar-refractivity contribution in [3.8, 4) is 0 Å². The third kappa shape index (κ3) is 6.65. The Morgan fingerprint density at radius 3 is 2.76 bits per heavy atom. The number of aliphatic hydroxyl groups excluding tert-OH is 1. The zero-order chi connectivity index (χ0) is 20.7. The first-order chi connectivity index (χ1) is 13.4. The first kappa shape index (κ1) is 26.4. The summed E-state index contributed by atoms with van der Waals surface area (Å²) in [6.07, 6.45) is 1.58. The fourth-order valence-corrected chi connectivity index (χ4v) is 4.30. The number of nitrogens with zero attached hydrogens (tertiary/aromatic N) is 2. The Balaban J connectivity index is 0.00000420. The van der Waals surface area contributed by atoms with Crippen LogP contribution in [0.15, 0.2) is 11.0 Å². The molecule has 0 atom stereocenters. The van der Waals surface area contributed by atoms with E-state index in [-0.39, 0.29) is 49.6 Å². The molecule has 0 bridgehead atoms. The summed E-state index contributed by atoms with van der Waals surface area (Å²) in [5.74, 6) is -0.371. The number of pyridine rings is 1. The van der Waals surface area contributed by atoms with Gasteiger partial charge in [-0.3, -0.25) is 9.59 Å². The molecule has 0 spiro atoms. The smallest absolute Gasteiger partial charge is 0.256 e. The van der Waals surface area contributed by atoms with Crippen molar-refractivity contribution in [3.63, 3.8) is 0 Å². The molecule has 1 amide bonds. The number of hydrogen-bond acceptors (Lipinski definition) is 7. The number of methoxy groups -OCH3 is 1. The molecule has 2 N–H and O–H groups in total. The molecular formula is C19H28N3O5SY-. The first-order valence-corrected chi connectivity index (χ1v) is 9.89. The molecule has 2 aromatic heterocycles. The summed E-state index contributed by atoms with van der Waals surface area (Å²) in [5.41, 5.74) is 1.55. The van der Waals surface area contributed by atoms with Gasteiger partial charge in [0, 0.05) is 76.6 Å². The van der Waals surface area contributed by atoms with E-state index in [1.807, 2.05) is 30.5 Å². The van der Waals surface area contributed by atoms with Gasteiger partial charge in [-0.25, -0.2) is 6.61 Å². The molecule has 0 saturated carbocycles. The molecule has 0 unspecified atom stereocenters. The zero-order valence-electron chi connectivity index (χ0n) is 17.4. The number of aromatic nitrogens is 1. The van der Waals surface area contributed by atoms with Crippen molar-refractivity contribution in [2.24, 2.45) is 7.05 Å². The number of rotatable bonds is 11. The predicted octanol–water partition coefficient (Wildman–Crippen LogP) is 1.48. The van der Waals surface area contributed by atoms with Crippen molar-refractivity contribution >= 4 is 27.5 Å². The first-order valence-electron chi connectivity index (χ1n) is 9.07. The van der Waals surface area contributed by atoms with Gasteiger partial charge in [0.2, 0.25) is 5.43 Å². The number of aliphatic hydroxyl groups is 1. The second-order valence-electron chi connectivity index (χ2n) is 6.45. The maximum absolute atomic E-state index is 13.0. The molecule has 0 aliphatic rings. The SMILES string of the molecule is CCNC(=O)c1cn(C)c2c(COCCOC)c(CN(C)C[CH-]O)sc2c1=O.[Y]. The van der Waals surface area contributed by atoms with Gasteiger partial charge < -0.3 is 29.4 Å². The number of amides is 1. The molecule has 1 radical (unpaired) electrons. The van der Waals surface area contributed by atoms with Crippen molar-refractivity contribution in [3.05, 3.63) is 39.0 Å². The molecule has 0 aliphatic heterocycles. The van der Waals surface area contributed by atoms with Gasteiger partial charge in [0.15, 0.2) is 0 Å². The normalized spacial score (nSPS) is 11.1. The molecule has 2 aromatic rings. The third-order valence-electron chi connectivity index (χ3n) is 4.26. The van der Waals surface area contributed by atoms with Crippen molar-refractivity contribution in [2.75, 3.05) is 40.5 Å². The fourth-order valence-electron chi connectivity index (χ4n) is 2.93. The minimum absolute atomic E-state index is 0. The van der Waals surface area contributed by atoms with Crippen molar-refractivity contribution in [2.45, 2.75) is 20.1 Å². The Bertz CT molecular complexity index is 868. The number of hydrogen-bond donors (Lipinski definition) is 2. The number of carbonyl (C=O) groups excluding carboxylic acids is 1. The molecule has 29 heavy (non-hydrogen) atoms. The quantitative estimate of drug-likeness (QED) is 0.360. The van der Waals surface area contributed by atoms with E-state index < -0.39 is 0 Å². The summed E-state index contributed by atoms with van der Waals surface area (Å²) in [4.78, 5) is 28.1. The number of likely N-dealkylation sites (N-methyl/N-ethyl adjacent to an activating group) is 1. The molecule has 0 aromatic carbocycles. The van der Waals surface area contributed by atoms with Gasteiger partial charge in [-0.15, -0.1) is 17.9 Å². The van der Waals surface area contributed by atoms with Crippen LogP contribution in [0, 0.1) is 6.61 Å². The maximum atomic E-state index is 13.0. The molecule has 0 aliphatic carbocycles. The molecule has 8 nitrogen and oxygen atoms in total. The van der Waals surface area contributed by atoms with Crippen molar-refractivity contribution in [1.82, 2.24) is 14.8 Å². The molecule has 0 fully saturated rings. The van der Waals surface area contributed by atoms with E-state index in [1.165, 1.54) is 11.3 Å². The Labute approximate surface area is 200 Å². The standard InChI is InChI=1S/C19H28N3O5S.Y/c1-5-20-19(25)13-10-22(3)16-14(12-27-9-8-26-4)15(11-21(2)6-7-23)28-18(16)17(13)24;/h7,10,23H,5-6,8-9,11-12H2,1-4H3,(H,20,25);/q-1;. The van der Waals surface area contributed by atoms with Gasteiger partial charge in [-0.2, -0.15) is 0 Å². The van der Waals surface area contributed by atoms with Crippen LogP contribution in [0.25, 0.3) is 10.2 Å². The largest absolute Gasteiger partial charge is 0.565 e. The van der Waals surface area contributed by atoms with E-state index in [4.69, 9.17) is 14.6 Å². The Kier molecular flexibility index (Phi) is 11.7. The van der Waals surface area contributed by atoms with Gasteiger partial charge in [-0.05, 0) is 14.0 Å². The minimum Gasteiger partial charge on any atom is -0.565 e. The fraction of sp³-hybridized carbons (Fsp3) is 0.526. The molecule has 0 saturated heterocycles. The Morgan fingerprint density at radius 2 is 2.14 bits per heavy atom. The van der Waals surface area contributed by atoms with Gasteiger partial charge in [0.05, 0.1) is 30.0 Å². The number of thiophene rings is 1. The van der Waals surface area contributed by atoms with Gasteiger partial charge in [0.25, 0.3) is 5.91 Å². The van der Waals surface area contributed by atoms with Crippen LogP contribution in [0.4, 0.5) is 0 Å². The number of carbonyl (C=O) groups is 1. The predicted molar refractivity (Wildman–Crippen MR) is 109 cm³/mol. The van der Waals surface area contributed by atoms with Crippen LogP contribution < -0.4 is 10.7 Å². The van der Waals surface area contributed by atoms with Gasteiger partial charge >= 0.3 is 0 Å². The minimum atomic E-state index is -0.371. The average Bonchev–Trinajstić information content (AvgIpc) is 3.01. The monoisotopic (exact) mass is 499 g/mol.